The molecular formula is C15H14BrFN2O2. The first-order valence-corrected chi connectivity index (χ1v) is 6.89. The normalized spacial score (nSPS) is 10.2. The Hall–Kier alpha value is -2.08. The second kappa shape index (κ2) is 6.58. The molecule has 0 heterocycles. The highest BCUT2D eigenvalue weighted by atomic mass is 79.9. The van der Waals surface area contributed by atoms with Crippen molar-refractivity contribution in [1.29, 1.82) is 5.41 Å². The van der Waals surface area contributed by atoms with E-state index in [2.05, 4.69) is 15.9 Å². The summed E-state index contributed by atoms with van der Waals surface area (Å²) in [6.45, 7) is 0.272. The summed E-state index contributed by atoms with van der Waals surface area (Å²) >= 11 is 3.24. The van der Waals surface area contributed by atoms with Crippen LogP contribution in [0.5, 0.6) is 11.5 Å². The van der Waals surface area contributed by atoms with Gasteiger partial charge in [0.2, 0.25) is 0 Å². The Morgan fingerprint density at radius 3 is 2.57 bits per heavy atom. The van der Waals surface area contributed by atoms with Crippen molar-refractivity contribution in [3.8, 4) is 11.5 Å². The summed E-state index contributed by atoms with van der Waals surface area (Å²) in [5.41, 5.74) is 6.86. The lowest BCUT2D eigenvalue weighted by molar-refractivity contribution is 0.303. The Morgan fingerprint density at radius 1 is 1.24 bits per heavy atom. The van der Waals surface area contributed by atoms with Crippen LogP contribution < -0.4 is 15.2 Å². The molecule has 0 unspecified atom stereocenters. The SMILES string of the molecule is COc1ccc(COc2ccc(F)cc2Br)cc1C(=N)N. The van der Waals surface area contributed by atoms with Gasteiger partial charge in [0.15, 0.2) is 0 Å². The molecule has 2 aromatic carbocycles. The average molecular weight is 353 g/mol. The molecule has 0 aliphatic rings. The first-order chi connectivity index (χ1) is 10.0. The van der Waals surface area contributed by atoms with Gasteiger partial charge in [-0.05, 0) is 51.8 Å². The van der Waals surface area contributed by atoms with Gasteiger partial charge < -0.3 is 15.2 Å². The number of nitrogens with one attached hydrogen (secondary N) is 1. The van der Waals surface area contributed by atoms with Crippen molar-refractivity contribution in [2.45, 2.75) is 6.61 Å². The van der Waals surface area contributed by atoms with E-state index in [0.29, 0.717) is 21.5 Å². The first kappa shape index (κ1) is 15.3. The smallest absolute Gasteiger partial charge is 0.134 e. The summed E-state index contributed by atoms with van der Waals surface area (Å²) in [6, 6.07) is 9.50. The molecule has 4 nitrogen and oxygen atoms in total. The van der Waals surface area contributed by atoms with E-state index in [9.17, 15) is 4.39 Å². The van der Waals surface area contributed by atoms with E-state index in [-0.39, 0.29) is 18.3 Å². The lowest BCUT2D eigenvalue weighted by Crippen LogP contribution is -2.13. The molecule has 0 aliphatic heterocycles. The Balaban J connectivity index is 2.16. The largest absolute Gasteiger partial charge is 0.496 e. The van der Waals surface area contributed by atoms with E-state index < -0.39 is 0 Å². The fourth-order valence-corrected chi connectivity index (χ4v) is 2.27. The number of benzene rings is 2. The molecule has 0 fully saturated rings. The number of hydrogen-bond acceptors (Lipinski definition) is 3. The lowest BCUT2D eigenvalue weighted by Gasteiger charge is -2.11. The zero-order valence-corrected chi connectivity index (χ0v) is 12.9. The van der Waals surface area contributed by atoms with Crippen LogP contribution in [0.2, 0.25) is 0 Å². The third kappa shape index (κ3) is 3.72. The fourth-order valence-electron chi connectivity index (χ4n) is 1.81. The lowest BCUT2D eigenvalue weighted by atomic mass is 10.1. The number of amidine groups is 1. The van der Waals surface area contributed by atoms with Crippen molar-refractivity contribution in [3.63, 3.8) is 0 Å². The minimum atomic E-state index is -0.336. The molecule has 21 heavy (non-hydrogen) atoms. The molecular weight excluding hydrogens is 339 g/mol. The highest BCUT2D eigenvalue weighted by Crippen LogP contribution is 2.27. The molecule has 0 aliphatic carbocycles. The van der Waals surface area contributed by atoms with Crippen LogP contribution in [0.25, 0.3) is 0 Å². The van der Waals surface area contributed by atoms with Crippen LogP contribution in [0.1, 0.15) is 11.1 Å². The van der Waals surface area contributed by atoms with Gasteiger partial charge in [-0.3, -0.25) is 5.41 Å². The van der Waals surface area contributed by atoms with Gasteiger partial charge in [0.25, 0.3) is 0 Å². The van der Waals surface area contributed by atoms with Gasteiger partial charge in [0, 0.05) is 0 Å². The quantitative estimate of drug-likeness (QED) is 0.639. The predicted molar refractivity (Wildman–Crippen MR) is 82.4 cm³/mol. The molecule has 110 valence electrons. The summed E-state index contributed by atoms with van der Waals surface area (Å²) < 4.78 is 24.3. The molecule has 2 aromatic rings. The van der Waals surface area contributed by atoms with Crippen LogP contribution in [0, 0.1) is 11.2 Å². The standard InChI is InChI=1S/C15H14BrFN2O2/c1-20-13-4-2-9(6-11(13)15(18)19)8-21-14-5-3-10(17)7-12(14)16/h2-7H,8H2,1H3,(H3,18,19). The second-order valence-corrected chi connectivity index (χ2v) is 5.17. The molecule has 0 atom stereocenters. The maximum Gasteiger partial charge on any atom is 0.134 e. The van der Waals surface area contributed by atoms with E-state index in [1.54, 1.807) is 18.2 Å². The van der Waals surface area contributed by atoms with Crippen LogP contribution in [-0.2, 0) is 6.61 Å². The number of methoxy groups -OCH3 is 1. The predicted octanol–water partition coefficient (Wildman–Crippen LogP) is 3.46. The zero-order chi connectivity index (χ0) is 15.4. The number of hydrogen-bond donors (Lipinski definition) is 2. The molecule has 6 heteroatoms. The van der Waals surface area contributed by atoms with E-state index >= 15 is 0 Å². The van der Waals surface area contributed by atoms with Gasteiger partial charge in [0.1, 0.15) is 29.8 Å². The van der Waals surface area contributed by atoms with E-state index in [4.69, 9.17) is 20.6 Å². The Bertz CT molecular complexity index is 677. The van der Waals surface area contributed by atoms with Crippen molar-refractivity contribution in [2.24, 2.45) is 5.73 Å². The van der Waals surface area contributed by atoms with Crippen molar-refractivity contribution in [1.82, 2.24) is 0 Å². The third-order valence-corrected chi connectivity index (χ3v) is 3.46. The van der Waals surface area contributed by atoms with E-state index in [1.165, 1.54) is 19.2 Å². The van der Waals surface area contributed by atoms with Crippen molar-refractivity contribution >= 4 is 21.8 Å². The summed E-state index contributed by atoms with van der Waals surface area (Å²) in [4.78, 5) is 0. The highest BCUT2D eigenvalue weighted by molar-refractivity contribution is 9.10. The van der Waals surface area contributed by atoms with E-state index in [0.717, 1.165) is 5.56 Å². The molecule has 0 saturated carbocycles. The van der Waals surface area contributed by atoms with Gasteiger partial charge in [-0.2, -0.15) is 0 Å². The monoisotopic (exact) mass is 352 g/mol. The van der Waals surface area contributed by atoms with Gasteiger partial charge in [-0.15, -0.1) is 0 Å². The molecule has 0 radical (unpaired) electrons. The number of nitrogen functional groups attached to an aromatic ring is 1. The number of nitrogens with two attached hydrogens (primary N) is 1. The second-order valence-electron chi connectivity index (χ2n) is 4.31. The highest BCUT2D eigenvalue weighted by Gasteiger charge is 2.08. The van der Waals surface area contributed by atoms with Crippen molar-refractivity contribution in [2.75, 3.05) is 7.11 Å². The van der Waals surface area contributed by atoms with Crippen LogP contribution in [0.15, 0.2) is 40.9 Å². The topological polar surface area (TPSA) is 68.3 Å². The zero-order valence-electron chi connectivity index (χ0n) is 11.3. The van der Waals surface area contributed by atoms with Crippen LogP contribution >= 0.6 is 15.9 Å². The Morgan fingerprint density at radius 2 is 1.95 bits per heavy atom. The third-order valence-electron chi connectivity index (χ3n) is 2.84. The number of rotatable bonds is 5. The minimum absolute atomic E-state index is 0.0725. The minimum Gasteiger partial charge on any atom is -0.496 e. The molecule has 0 amide bonds. The van der Waals surface area contributed by atoms with Crippen LogP contribution in [-0.4, -0.2) is 12.9 Å². The van der Waals surface area contributed by atoms with Gasteiger partial charge >= 0.3 is 0 Å². The van der Waals surface area contributed by atoms with Crippen LogP contribution in [0.4, 0.5) is 4.39 Å². The van der Waals surface area contributed by atoms with Gasteiger partial charge in [-0.1, -0.05) is 6.07 Å². The Labute approximate surface area is 130 Å². The molecule has 0 aromatic heterocycles. The summed E-state index contributed by atoms with van der Waals surface area (Å²) in [5, 5.41) is 7.54. The molecule has 0 spiro atoms. The number of ether oxygens (including phenoxy) is 2. The fraction of sp³-hybridized carbons (Fsp3) is 0.133. The van der Waals surface area contributed by atoms with Crippen molar-refractivity contribution in [3.05, 3.63) is 57.8 Å². The number of halogens is 2. The Kier molecular flexibility index (Phi) is 4.80. The van der Waals surface area contributed by atoms with Crippen LogP contribution in [0.3, 0.4) is 0 Å². The van der Waals surface area contributed by atoms with Crippen molar-refractivity contribution < 1.29 is 13.9 Å². The molecule has 2 rings (SSSR count). The average Bonchev–Trinajstić information content (AvgIpc) is 2.46. The molecule has 0 saturated heterocycles. The maximum absolute atomic E-state index is 13.0. The summed E-state index contributed by atoms with van der Waals surface area (Å²) in [5.74, 6) is 0.667. The van der Waals surface area contributed by atoms with Gasteiger partial charge in [-0.25, -0.2) is 4.39 Å². The molecule has 3 N–H and O–H groups in total. The van der Waals surface area contributed by atoms with E-state index in [1.807, 2.05) is 6.07 Å². The van der Waals surface area contributed by atoms with Gasteiger partial charge in [0.05, 0.1) is 17.1 Å². The summed E-state index contributed by atoms with van der Waals surface area (Å²) in [7, 11) is 1.52. The maximum atomic E-state index is 13.0. The first-order valence-electron chi connectivity index (χ1n) is 6.10. The molecule has 0 bridgehead atoms. The summed E-state index contributed by atoms with van der Waals surface area (Å²) in [6.07, 6.45) is 0.